The van der Waals surface area contributed by atoms with Gasteiger partial charge in [0.05, 0.1) is 12.2 Å². The highest BCUT2D eigenvalue weighted by molar-refractivity contribution is 5.53. The number of fused-ring (bicyclic) bond motifs is 1. The van der Waals surface area contributed by atoms with Gasteiger partial charge >= 0.3 is 0 Å². The van der Waals surface area contributed by atoms with Crippen LogP contribution < -0.4 is 9.80 Å². The molecule has 3 heterocycles. The van der Waals surface area contributed by atoms with Crippen molar-refractivity contribution < 1.29 is 0 Å². The predicted molar refractivity (Wildman–Crippen MR) is 143 cm³/mol. The van der Waals surface area contributed by atoms with Gasteiger partial charge < -0.3 is 14.7 Å². The number of nitrogens with zero attached hydrogens (tertiary/aromatic N) is 5. The number of hydrogen-bond donors (Lipinski definition) is 0. The Labute approximate surface area is 209 Å². The predicted octanol–water partition coefficient (Wildman–Crippen LogP) is 4.96. The van der Waals surface area contributed by atoms with Crippen molar-refractivity contribution in [3.05, 3.63) is 82.7 Å². The van der Waals surface area contributed by atoms with Crippen molar-refractivity contribution in [1.82, 2.24) is 14.9 Å². The fraction of sp³-hybridized carbons (Fsp3) is 0.467. The van der Waals surface area contributed by atoms with Gasteiger partial charge in [-0.3, -0.25) is 0 Å². The van der Waals surface area contributed by atoms with Gasteiger partial charge in [-0.05, 0) is 69.0 Å². The molecular weight excluding hydrogens is 430 g/mol. The maximum atomic E-state index is 5.05. The zero-order valence-corrected chi connectivity index (χ0v) is 21.4. The van der Waals surface area contributed by atoms with Crippen molar-refractivity contribution in [3.8, 4) is 0 Å². The Morgan fingerprint density at radius 2 is 1.60 bits per heavy atom. The van der Waals surface area contributed by atoms with Crippen LogP contribution in [0.25, 0.3) is 0 Å². The first-order chi connectivity index (χ1) is 17.0. The van der Waals surface area contributed by atoms with E-state index in [2.05, 4.69) is 90.3 Å². The fourth-order valence-electron chi connectivity index (χ4n) is 6.03. The second-order valence-electron chi connectivity index (χ2n) is 10.9. The minimum atomic E-state index is 0.197. The van der Waals surface area contributed by atoms with Gasteiger partial charge in [-0.15, -0.1) is 0 Å². The summed E-state index contributed by atoms with van der Waals surface area (Å²) in [6.07, 6.45) is 6.88. The van der Waals surface area contributed by atoms with Gasteiger partial charge in [-0.1, -0.05) is 48.4 Å². The number of likely N-dealkylation sites (N-methyl/N-ethyl adjacent to an activating group) is 1. The topological polar surface area (TPSA) is 35.5 Å². The lowest BCUT2D eigenvalue weighted by Gasteiger charge is -2.43. The summed E-state index contributed by atoms with van der Waals surface area (Å²) < 4.78 is 0. The average molecular weight is 468 g/mol. The van der Waals surface area contributed by atoms with E-state index in [1.54, 1.807) is 0 Å². The first-order valence-electron chi connectivity index (χ1n) is 13.2. The van der Waals surface area contributed by atoms with E-state index in [4.69, 9.17) is 9.97 Å². The zero-order chi connectivity index (χ0) is 24.0. The van der Waals surface area contributed by atoms with Crippen LogP contribution >= 0.6 is 0 Å². The molecule has 2 fully saturated rings. The molecule has 1 saturated carbocycles. The molecule has 0 spiro atoms. The van der Waals surface area contributed by atoms with Crippen molar-refractivity contribution >= 4 is 11.6 Å². The number of anilines is 2. The van der Waals surface area contributed by atoms with Crippen LogP contribution in [0.3, 0.4) is 0 Å². The Kier molecular flexibility index (Phi) is 5.76. The SMILES string of the molecule is Cc1ccc(C2(c3ccc(N4CCc5cnc(N6CCN(C)C(C)C6)nc5C4)cc3)CCC2)cc1. The molecule has 1 atom stereocenters. The van der Waals surface area contributed by atoms with Crippen molar-refractivity contribution in [3.63, 3.8) is 0 Å². The van der Waals surface area contributed by atoms with Crippen LogP contribution in [0.5, 0.6) is 0 Å². The highest BCUT2D eigenvalue weighted by atomic mass is 15.3. The van der Waals surface area contributed by atoms with E-state index in [1.807, 2.05) is 0 Å². The first kappa shape index (κ1) is 22.5. The lowest BCUT2D eigenvalue weighted by molar-refractivity contribution is 0.232. The Morgan fingerprint density at radius 3 is 2.26 bits per heavy atom. The molecule has 5 heteroatoms. The second-order valence-corrected chi connectivity index (χ2v) is 10.9. The number of hydrogen-bond acceptors (Lipinski definition) is 5. The van der Waals surface area contributed by atoms with E-state index in [0.29, 0.717) is 6.04 Å². The molecule has 0 N–H and O–H groups in total. The summed E-state index contributed by atoms with van der Waals surface area (Å²) in [4.78, 5) is 17.0. The Hall–Kier alpha value is -2.92. The smallest absolute Gasteiger partial charge is 0.225 e. The van der Waals surface area contributed by atoms with Crippen LogP contribution in [0, 0.1) is 6.92 Å². The minimum absolute atomic E-state index is 0.197. The molecule has 2 aliphatic heterocycles. The molecule has 1 saturated heterocycles. The zero-order valence-electron chi connectivity index (χ0n) is 21.4. The average Bonchev–Trinajstić information content (AvgIpc) is 2.86. The second kappa shape index (κ2) is 8.94. The Morgan fingerprint density at radius 1 is 0.886 bits per heavy atom. The van der Waals surface area contributed by atoms with Crippen LogP contribution in [0.2, 0.25) is 0 Å². The van der Waals surface area contributed by atoms with Crippen LogP contribution in [-0.4, -0.2) is 54.1 Å². The molecule has 182 valence electrons. The number of aryl methyl sites for hydroxylation is 1. The van der Waals surface area contributed by atoms with Crippen LogP contribution in [-0.2, 0) is 18.4 Å². The highest BCUT2D eigenvalue weighted by Crippen LogP contribution is 2.49. The lowest BCUT2D eigenvalue weighted by Crippen LogP contribution is -2.50. The molecule has 1 aromatic heterocycles. The van der Waals surface area contributed by atoms with Crippen molar-refractivity contribution in [2.24, 2.45) is 0 Å². The van der Waals surface area contributed by atoms with E-state index < -0.39 is 0 Å². The third-order valence-electron chi connectivity index (χ3n) is 8.77. The monoisotopic (exact) mass is 467 g/mol. The summed E-state index contributed by atoms with van der Waals surface area (Å²) in [7, 11) is 2.20. The fourth-order valence-corrected chi connectivity index (χ4v) is 6.03. The molecule has 6 rings (SSSR count). The van der Waals surface area contributed by atoms with Gasteiger partial charge in [0.2, 0.25) is 5.95 Å². The molecule has 3 aromatic rings. The summed E-state index contributed by atoms with van der Waals surface area (Å²) in [6, 6.07) is 19.1. The van der Waals surface area contributed by atoms with E-state index in [-0.39, 0.29) is 5.41 Å². The van der Waals surface area contributed by atoms with Gasteiger partial charge in [0.15, 0.2) is 0 Å². The maximum Gasteiger partial charge on any atom is 0.225 e. The summed E-state index contributed by atoms with van der Waals surface area (Å²) in [5, 5.41) is 0. The van der Waals surface area contributed by atoms with Crippen molar-refractivity contribution in [2.75, 3.05) is 43.0 Å². The van der Waals surface area contributed by atoms with Crippen molar-refractivity contribution in [2.45, 2.75) is 57.5 Å². The third-order valence-corrected chi connectivity index (χ3v) is 8.77. The normalized spacial score (nSPS) is 22.0. The van der Waals surface area contributed by atoms with E-state index in [1.165, 1.54) is 52.9 Å². The Bertz CT molecular complexity index is 1180. The van der Waals surface area contributed by atoms with E-state index in [0.717, 1.165) is 45.1 Å². The van der Waals surface area contributed by atoms with Crippen LogP contribution in [0.4, 0.5) is 11.6 Å². The lowest BCUT2D eigenvalue weighted by atomic mass is 9.60. The maximum absolute atomic E-state index is 5.05. The van der Waals surface area contributed by atoms with Crippen LogP contribution in [0.15, 0.2) is 54.7 Å². The third kappa shape index (κ3) is 4.10. The molecular formula is C30H37N5. The molecule has 1 aliphatic carbocycles. The first-order valence-corrected chi connectivity index (χ1v) is 13.2. The molecule has 1 unspecified atom stereocenters. The number of benzene rings is 2. The molecule has 35 heavy (non-hydrogen) atoms. The van der Waals surface area contributed by atoms with Gasteiger partial charge in [0.1, 0.15) is 0 Å². The summed E-state index contributed by atoms with van der Waals surface area (Å²) in [5.41, 5.74) is 8.24. The molecule has 0 radical (unpaired) electrons. The summed E-state index contributed by atoms with van der Waals surface area (Å²) >= 11 is 0. The number of rotatable bonds is 4. The van der Waals surface area contributed by atoms with Gasteiger partial charge in [0.25, 0.3) is 0 Å². The largest absolute Gasteiger partial charge is 0.365 e. The highest BCUT2D eigenvalue weighted by Gasteiger charge is 2.40. The molecule has 0 bridgehead atoms. The van der Waals surface area contributed by atoms with Gasteiger partial charge in [-0.25, -0.2) is 9.97 Å². The van der Waals surface area contributed by atoms with Gasteiger partial charge in [-0.2, -0.15) is 0 Å². The van der Waals surface area contributed by atoms with E-state index >= 15 is 0 Å². The Balaban J connectivity index is 1.20. The van der Waals surface area contributed by atoms with E-state index in [9.17, 15) is 0 Å². The van der Waals surface area contributed by atoms with Crippen LogP contribution in [0.1, 0.15) is 54.1 Å². The minimum Gasteiger partial charge on any atom is -0.365 e. The molecule has 3 aliphatic rings. The molecule has 0 amide bonds. The summed E-state index contributed by atoms with van der Waals surface area (Å²) in [5.74, 6) is 0.894. The number of piperazine rings is 1. The molecule has 2 aromatic carbocycles. The van der Waals surface area contributed by atoms with Gasteiger partial charge in [0, 0.05) is 49.5 Å². The number of aromatic nitrogens is 2. The summed E-state index contributed by atoms with van der Waals surface area (Å²) in [6.45, 7) is 9.37. The molecule has 5 nitrogen and oxygen atoms in total. The van der Waals surface area contributed by atoms with Crippen molar-refractivity contribution in [1.29, 1.82) is 0 Å². The standard InChI is InChI=1S/C30H37N5/c1-22-5-7-25(8-6-22)30(14-4-15-30)26-9-11-27(12-10-26)34-16-13-24-19-31-29(32-28(24)21-34)35-18-17-33(3)23(2)20-35/h5-12,19,23H,4,13-18,20-21H2,1-3H3. The quantitative estimate of drug-likeness (QED) is 0.542.